The first kappa shape index (κ1) is 24.2. The van der Waals surface area contributed by atoms with Crippen molar-refractivity contribution in [2.45, 2.75) is 25.4 Å². The maximum Gasteiger partial charge on any atom is 0.251 e. The van der Waals surface area contributed by atoms with Crippen molar-refractivity contribution in [3.8, 4) is 5.69 Å². The van der Waals surface area contributed by atoms with Crippen LogP contribution in [0.25, 0.3) is 5.69 Å². The van der Waals surface area contributed by atoms with Crippen LogP contribution in [-0.2, 0) is 17.9 Å². The predicted molar refractivity (Wildman–Crippen MR) is 143 cm³/mol. The van der Waals surface area contributed by atoms with Gasteiger partial charge in [0.25, 0.3) is 5.91 Å². The first-order valence-corrected chi connectivity index (χ1v) is 13.0. The van der Waals surface area contributed by atoms with Crippen molar-refractivity contribution in [1.29, 1.82) is 0 Å². The van der Waals surface area contributed by atoms with Gasteiger partial charge in [-0.25, -0.2) is 4.98 Å². The molecule has 8 heteroatoms. The molecule has 1 aliphatic rings. The molecule has 4 aromatic rings. The molecule has 1 aromatic heterocycles. The van der Waals surface area contributed by atoms with E-state index in [4.69, 9.17) is 11.6 Å². The number of carbonyl (C=O) groups excluding carboxylic acids is 2. The first-order chi connectivity index (χ1) is 17.5. The largest absolute Gasteiger partial charge is 0.348 e. The molecule has 36 heavy (non-hydrogen) atoms. The Bertz CT molecular complexity index is 1370. The van der Waals surface area contributed by atoms with Gasteiger partial charge in [0.15, 0.2) is 0 Å². The van der Waals surface area contributed by atoms with Gasteiger partial charge in [-0.2, -0.15) is 0 Å². The Balaban J connectivity index is 1.20. The SMILES string of the molecule is Cc1nccn1-c1ccc(CNC(=O)c2ccc([C@H]3SCC(=O)N3Cc3ccc(Cl)cc3)cc2)cc1. The number of carbonyl (C=O) groups is 2. The molecule has 1 fully saturated rings. The van der Waals surface area contributed by atoms with Gasteiger partial charge in [-0.05, 0) is 60.0 Å². The van der Waals surface area contributed by atoms with E-state index in [9.17, 15) is 9.59 Å². The zero-order valence-corrected chi connectivity index (χ0v) is 21.3. The van der Waals surface area contributed by atoms with E-state index in [0.717, 1.165) is 28.2 Å². The molecule has 3 aromatic carbocycles. The number of rotatable bonds is 7. The number of amides is 2. The number of benzene rings is 3. The molecule has 182 valence electrons. The van der Waals surface area contributed by atoms with E-state index >= 15 is 0 Å². The van der Waals surface area contributed by atoms with E-state index in [1.54, 1.807) is 18.0 Å². The molecule has 0 spiro atoms. The standard InChI is InChI=1S/C28H25ClN4O2S/c1-19-30-14-15-32(19)25-12-4-20(5-13-25)16-31-27(35)22-6-8-23(9-7-22)28-33(26(34)18-36-28)17-21-2-10-24(29)11-3-21/h2-15,28H,16-18H2,1H3,(H,31,35)/t28-/m1/s1. The van der Waals surface area contributed by atoms with Gasteiger partial charge in [-0.3, -0.25) is 9.59 Å². The van der Waals surface area contributed by atoms with E-state index < -0.39 is 0 Å². The van der Waals surface area contributed by atoms with Crippen LogP contribution in [0, 0.1) is 6.92 Å². The second-order valence-corrected chi connectivity index (χ2v) is 10.1. The Labute approximate surface area is 219 Å². The summed E-state index contributed by atoms with van der Waals surface area (Å²) in [5, 5.41) is 3.58. The zero-order chi connectivity index (χ0) is 25.1. The number of nitrogens with zero attached hydrogens (tertiary/aromatic N) is 3. The minimum absolute atomic E-state index is 0.0806. The van der Waals surface area contributed by atoms with Crippen LogP contribution in [-0.4, -0.2) is 32.0 Å². The molecule has 0 bridgehead atoms. The topological polar surface area (TPSA) is 67.2 Å². The molecule has 6 nitrogen and oxygen atoms in total. The normalized spacial score (nSPS) is 15.3. The molecule has 1 aliphatic heterocycles. The minimum atomic E-state index is -0.135. The van der Waals surface area contributed by atoms with Crippen LogP contribution in [0.4, 0.5) is 0 Å². The maximum atomic E-state index is 12.7. The van der Waals surface area contributed by atoms with Gasteiger partial charge in [-0.15, -0.1) is 11.8 Å². The molecule has 1 saturated heterocycles. The first-order valence-electron chi connectivity index (χ1n) is 11.6. The summed E-state index contributed by atoms with van der Waals surface area (Å²) >= 11 is 7.59. The van der Waals surface area contributed by atoms with Gasteiger partial charge in [0.1, 0.15) is 11.2 Å². The zero-order valence-electron chi connectivity index (χ0n) is 19.7. The third-order valence-electron chi connectivity index (χ3n) is 6.19. The summed E-state index contributed by atoms with van der Waals surface area (Å²) in [5.74, 6) is 1.34. The molecule has 0 aliphatic carbocycles. The number of imidazole rings is 1. The highest BCUT2D eigenvalue weighted by Crippen LogP contribution is 2.39. The fourth-order valence-electron chi connectivity index (χ4n) is 4.20. The van der Waals surface area contributed by atoms with Gasteiger partial charge >= 0.3 is 0 Å². The molecule has 0 radical (unpaired) electrons. The predicted octanol–water partition coefficient (Wildman–Crippen LogP) is 5.54. The molecule has 5 rings (SSSR count). The Hall–Kier alpha value is -3.55. The monoisotopic (exact) mass is 516 g/mol. The number of thioether (sulfide) groups is 1. The highest BCUT2D eigenvalue weighted by atomic mass is 35.5. The van der Waals surface area contributed by atoms with Gasteiger partial charge < -0.3 is 14.8 Å². The van der Waals surface area contributed by atoms with Crippen molar-refractivity contribution < 1.29 is 9.59 Å². The summed E-state index contributed by atoms with van der Waals surface area (Å²) in [6, 6.07) is 23.1. The molecular weight excluding hydrogens is 492 g/mol. The summed E-state index contributed by atoms with van der Waals surface area (Å²) in [6.45, 7) is 2.92. The lowest BCUT2D eigenvalue weighted by Crippen LogP contribution is -2.27. The second-order valence-electron chi connectivity index (χ2n) is 8.63. The molecule has 0 saturated carbocycles. The maximum absolute atomic E-state index is 12.7. The number of hydrogen-bond acceptors (Lipinski definition) is 4. The van der Waals surface area contributed by atoms with E-state index in [1.807, 2.05) is 95.4 Å². The van der Waals surface area contributed by atoms with Gasteiger partial charge in [0.2, 0.25) is 5.91 Å². The Morgan fingerprint density at radius 3 is 2.39 bits per heavy atom. The van der Waals surface area contributed by atoms with E-state index in [-0.39, 0.29) is 17.2 Å². The number of aryl methyl sites for hydroxylation is 1. The Morgan fingerprint density at radius 2 is 1.72 bits per heavy atom. The van der Waals surface area contributed by atoms with Crippen molar-refractivity contribution in [3.05, 3.63) is 118 Å². The highest BCUT2D eigenvalue weighted by Gasteiger charge is 2.32. The fourth-order valence-corrected chi connectivity index (χ4v) is 5.51. The number of halogens is 1. The van der Waals surface area contributed by atoms with Crippen molar-refractivity contribution >= 4 is 35.2 Å². The van der Waals surface area contributed by atoms with Crippen LogP contribution in [0.5, 0.6) is 0 Å². The van der Waals surface area contributed by atoms with Crippen LogP contribution in [0.1, 0.15) is 38.2 Å². The Morgan fingerprint density at radius 1 is 1.03 bits per heavy atom. The van der Waals surface area contributed by atoms with Crippen molar-refractivity contribution in [2.24, 2.45) is 0 Å². The van der Waals surface area contributed by atoms with Crippen LogP contribution in [0.15, 0.2) is 85.2 Å². The molecule has 1 atom stereocenters. The van der Waals surface area contributed by atoms with Crippen LogP contribution >= 0.6 is 23.4 Å². The highest BCUT2D eigenvalue weighted by molar-refractivity contribution is 8.00. The van der Waals surface area contributed by atoms with Crippen molar-refractivity contribution in [1.82, 2.24) is 19.8 Å². The smallest absolute Gasteiger partial charge is 0.251 e. The minimum Gasteiger partial charge on any atom is -0.348 e. The third-order valence-corrected chi connectivity index (χ3v) is 7.69. The fraction of sp³-hybridized carbons (Fsp3) is 0.179. The van der Waals surface area contributed by atoms with E-state index in [0.29, 0.717) is 29.4 Å². The van der Waals surface area contributed by atoms with Crippen LogP contribution < -0.4 is 5.32 Å². The molecule has 2 heterocycles. The second kappa shape index (κ2) is 10.6. The molecule has 2 amide bonds. The van der Waals surface area contributed by atoms with Crippen molar-refractivity contribution in [3.63, 3.8) is 0 Å². The average molecular weight is 517 g/mol. The molecule has 0 unspecified atom stereocenters. The lowest BCUT2D eigenvalue weighted by Gasteiger charge is -2.24. The van der Waals surface area contributed by atoms with E-state index in [1.165, 1.54) is 0 Å². The lowest BCUT2D eigenvalue weighted by molar-refractivity contribution is -0.128. The summed E-state index contributed by atoms with van der Waals surface area (Å²) < 4.78 is 2.01. The number of hydrogen-bond donors (Lipinski definition) is 1. The van der Waals surface area contributed by atoms with Gasteiger partial charge in [0.05, 0.1) is 5.75 Å². The van der Waals surface area contributed by atoms with Crippen LogP contribution in [0.2, 0.25) is 5.02 Å². The number of nitrogens with one attached hydrogen (secondary N) is 1. The van der Waals surface area contributed by atoms with Crippen molar-refractivity contribution in [2.75, 3.05) is 5.75 Å². The average Bonchev–Trinajstić information content (AvgIpc) is 3.49. The Kier molecular flexibility index (Phi) is 7.11. The quantitative estimate of drug-likeness (QED) is 0.350. The summed E-state index contributed by atoms with van der Waals surface area (Å²) in [6.07, 6.45) is 3.70. The molecular formula is C28H25ClN4O2S. The van der Waals surface area contributed by atoms with E-state index in [2.05, 4.69) is 10.3 Å². The third kappa shape index (κ3) is 5.32. The number of aromatic nitrogens is 2. The van der Waals surface area contributed by atoms with Gasteiger partial charge in [-0.1, -0.05) is 48.0 Å². The molecule has 1 N–H and O–H groups in total. The summed E-state index contributed by atoms with van der Waals surface area (Å²) in [5.41, 5.74) is 4.67. The lowest BCUT2D eigenvalue weighted by atomic mass is 10.1. The summed E-state index contributed by atoms with van der Waals surface area (Å²) in [4.78, 5) is 31.4. The van der Waals surface area contributed by atoms with Gasteiger partial charge in [0, 0.05) is 41.8 Å². The summed E-state index contributed by atoms with van der Waals surface area (Å²) in [7, 11) is 0. The van der Waals surface area contributed by atoms with Crippen LogP contribution in [0.3, 0.4) is 0 Å².